The first-order valence-electron chi connectivity index (χ1n) is 13.3. The number of phosphoric ester groups is 1. The molecule has 0 bridgehead atoms. The van der Waals surface area contributed by atoms with Gasteiger partial charge in [0, 0.05) is 30.2 Å². The van der Waals surface area contributed by atoms with Gasteiger partial charge in [0.15, 0.2) is 0 Å². The van der Waals surface area contributed by atoms with Gasteiger partial charge in [-0.1, -0.05) is 60.7 Å². The van der Waals surface area contributed by atoms with Gasteiger partial charge in [-0.05, 0) is 54.2 Å². The Balaban J connectivity index is 1.27. The summed E-state index contributed by atoms with van der Waals surface area (Å²) < 4.78 is 31.1. The molecule has 2 heterocycles. The Morgan fingerprint density at radius 1 is 0.950 bits per heavy atom. The van der Waals surface area contributed by atoms with Gasteiger partial charge in [-0.3, -0.25) is 18.6 Å². The molecule has 1 saturated heterocycles. The van der Waals surface area contributed by atoms with E-state index in [1.165, 1.54) is 0 Å². The van der Waals surface area contributed by atoms with E-state index in [2.05, 4.69) is 15.6 Å². The second-order valence-electron chi connectivity index (χ2n) is 9.60. The second-order valence-corrected chi connectivity index (χ2v) is 11.2. The highest BCUT2D eigenvalue weighted by molar-refractivity contribution is 7.48. The molecule has 0 spiro atoms. The minimum absolute atomic E-state index is 0.0588. The standard InChI is InChI=1S/C30H32N3O6P/c34-29-26(12-7-16-31-29)30(35)32-17-15-24-19-33-28-14-13-25(18-27(24)28)39-40(36,37-20-22-8-3-1-4-9-22)38-21-23-10-5-2-6-11-23/h1-6,8-11,13-14,18-19,26,33H,7,12,15-17,20-21H2,(H,31,34)(H,32,35). The van der Waals surface area contributed by atoms with Gasteiger partial charge in [0.2, 0.25) is 11.8 Å². The first kappa shape index (κ1) is 27.6. The third-order valence-electron chi connectivity index (χ3n) is 6.72. The first-order valence-corrected chi connectivity index (χ1v) is 14.8. The smallest absolute Gasteiger partial charge is 0.404 e. The number of aromatic nitrogens is 1. The Labute approximate surface area is 232 Å². The van der Waals surface area contributed by atoms with Crippen LogP contribution in [-0.2, 0) is 42.8 Å². The number of fused-ring (bicyclic) bond motifs is 1. The first-order chi connectivity index (χ1) is 19.5. The predicted octanol–water partition coefficient (Wildman–Crippen LogP) is 5.27. The van der Waals surface area contributed by atoms with Gasteiger partial charge in [0.25, 0.3) is 0 Å². The fourth-order valence-corrected chi connectivity index (χ4v) is 5.73. The summed E-state index contributed by atoms with van der Waals surface area (Å²) in [7, 11) is -4.01. The molecule has 2 amide bonds. The summed E-state index contributed by atoms with van der Waals surface area (Å²) in [6.45, 7) is 1.11. The monoisotopic (exact) mass is 561 g/mol. The van der Waals surface area contributed by atoms with Gasteiger partial charge in [0.1, 0.15) is 11.7 Å². The molecule has 5 rings (SSSR count). The second kappa shape index (κ2) is 13.0. The lowest BCUT2D eigenvalue weighted by atomic mass is 9.98. The lowest BCUT2D eigenvalue weighted by Crippen LogP contribution is -2.45. The van der Waals surface area contributed by atoms with E-state index in [-0.39, 0.29) is 25.0 Å². The van der Waals surface area contributed by atoms with Crippen LogP contribution in [0, 0.1) is 5.92 Å². The Bertz CT molecular complexity index is 1440. The van der Waals surface area contributed by atoms with E-state index in [4.69, 9.17) is 13.6 Å². The number of H-pyrrole nitrogens is 1. The number of carbonyl (C=O) groups is 2. The summed E-state index contributed by atoms with van der Waals surface area (Å²) in [4.78, 5) is 27.7. The van der Waals surface area contributed by atoms with Crippen molar-refractivity contribution >= 4 is 30.5 Å². The molecule has 1 atom stereocenters. The van der Waals surface area contributed by atoms with E-state index in [9.17, 15) is 14.2 Å². The number of rotatable bonds is 12. The lowest BCUT2D eigenvalue weighted by molar-refractivity contribution is -0.136. The van der Waals surface area contributed by atoms with E-state index in [0.29, 0.717) is 31.7 Å². The SMILES string of the molecule is O=C1NCCCC1C(=O)NCCc1c[nH]c2ccc(OP(=O)(OCc3ccccc3)OCc3ccccc3)cc12. The van der Waals surface area contributed by atoms with Crippen molar-refractivity contribution in [1.29, 1.82) is 0 Å². The molecule has 3 aromatic carbocycles. The van der Waals surface area contributed by atoms with Gasteiger partial charge in [-0.2, -0.15) is 0 Å². The van der Waals surface area contributed by atoms with Gasteiger partial charge < -0.3 is 20.1 Å². The van der Waals surface area contributed by atoms with Gasteiger partial charge in [-0.15, -0.1) is 0 Å². The third-order valence-corrected chi connectivity index (χ3v) is 8.04. The zero-order valence-electron chi connectivity index (χ0n) is 22.0. The molecule has 1 fully saturated rings. The summed E-state index contributed by atoms with van der Waals surface area (Å²) in [5, 5.41) is 6.48. The van der Waals surface area contributed by atoms with Gasteiger partial charge >= 0.3 is 7.82 Å². The average molecular weight is 562 g/mol. The maximum absolute atomic E-state index is 13.8. The van der Waals surface area contributed by atoms with Crippen LogP contribution < -0.4 is 15.2 Å². The molecule has 1 aromatic heterocycles. The van der Waals surface area contributed by atoms with Gasteiger partial charge in [-0.25, -0.2) is 4.57 Å². The van der Waals surface area contributed by atoms with Crippen molar-refractivity contribution < 1.29 is 27.7 Å². The minimum atomic E-state index is -4.01. The Morgan fingerprint density at radius 3 is 2.27 bits per heavy atom. The average Bonchev–Trinajstić information content (AvgIpc) is 3.38. The lowest BCUT2D eigenvalue weighted by Gasteiger charge is -2.21. The minimum Gasteiger partial charge on any atom is -0.404 e. The molecule has 40 heavy (non-hydrogen) atoms. The molecular formula is C30H32N3O6P. The number of carbonyl (C=O) groups excluding carboxylic acids is 2. The van der Waals surface area contributed by atoms with Crippen LogP contribution in [-0.4, -0.2) is 29.9 Å². The molecule has 1 aliphatic rings. The molecule has 0 aliphatic carbocycles. The highest BCUT2D eigenvalue weighted by Gasteiger charge is 2.30. The normalized spacial score (nSPS) is 15.5. The number of aromatic amines is 1. The number of phosphoric acid groups is 1. The molecule has 1 unspecified atom stereocenters. The molecule has 10 heteroatoms. The molecule has 208 valence electrons. The van der Waals surface area contributed by atoms with Crippen molar-refractivity contribution in [2.75, 3.05) is 13.1 Å². The predicted molar refractivity (Wildman–Crippen MR) is 151 cm³/mol. The molecule has 3 N–H and O–H groups in total. The third kappa shape index (κ3) is 7.18. The van der Waals surface area contributed by atoms with E-state index >= 15 is 0 Å². The number of benzene rings is 3. The van der Waals surface area contributed by atoms with Crippen molar-refractivity contribution in [3.63, 3.8) is 0 Å². The van der Waals surface area contributed by atoms with Crippen LogP contribution in [0.25, 0.3) is 10.9 Å². The van der Waals surface area contributed by atoms with Crippen LogP contribution in [0.1, 0.15) is 29.5 Å². The Kier molecular flexibility index (Phi) is 8.96. The van der Waals surface area contributed by atoms with Crippen LogP contribution in [0.5, 0.6) is 5.75 Å². The van der Waals surface area contributed by atoms with E-state index in [1.54, 1.807) is 12.1 Å². The van der Waals surface area contributed by atoms with Crippen molar-refractivity contribution in [3.05, 3.63) is 102 Å². The summed E-state index contributed by atoms with van der Waals surface area (Å²) in [6, 6.07) is 24.1. The van der Waals surface area contributed by atoms with Crippen molar-refractivity contribution in [1.82, 2.24) is 15.6 Å². The summed E-state index contributed by atoms with van der Waals surface area (Å²) in [5.41, 5.74) is 3.49. The fourth-order valence-electron chi connectivity index (χ4n) is 4.56. The highest BCUT2D eigenvalue weighted by atomic mass is 31.2. The molecule has 0 saturated carbocycles. The van der Waals surface area contributed by atoms with Crippen molar-refractivity contribution in [2.24, 2.45) is 5.92 Å². The maximum atomic E-state index is 13.8. The summed E-state index contributed by atoms with van der Waals surface area (Å²) in [6.07, 6.45) is 3.76. The molecule has 9 nitrogen and oxygen atoms in total. The molecule has 4 aromatic rings. The largest absolute Gasteiger partial charge is 0.530 e. The zero-order valence-corrected chi connectivity index (χ0v) is 22.9. The Hall–Kier alpha value is -3.91. The van der Waals surface area contributed by atoms with E-state index in [0.717, 1.165) is 34.0 Å². The molecular weight excluding hydrogens is 529 g/mol. The quantitative estimate of drug-likeness (QED) is 0.160. The van der Waals surface area contributed by atoms with Crippen molar-refractivity contribution in [3.8, 4) is 5.75 Å². The number of hydrogen-bond donors (Lipinski definition) is 3. The highest BCUT2D eigenvalue weighted by Crippen LogP contribution is 2.51. The van der Waals surface area contributed by atoms with Crippen LogP contribution in [0.15, 0.2) is 85.1 Å². The van der Waals surface area contributed by atoms with Crippen LogP contribution >= 0.6 is 7.82 Å². The maximum Gasteiger partial charge on any atom is 0.530 e. The summed E-state index contributed by atoms with van der Waals surface area (Å²) in [5.74, 6) is -0.780. The van der Waals surface area contributed by atoms with Gasteiger partial charge in [0.05, 0.1) is 13.2 Å². The van der Waals surface area contributed by atoms with E-state index in [1.807, 2.05) is 72.9 Å². The van der Waals surface area contributed by atoms with Crippen LogP contribution in [0.2, 0.25) is 0 Å². The van der Waals surface area contributed by atoms with Crippen molar-refractivity contribution in [2.45, 2.75) is 32.5 Å². The Morgan fingerprint density at radius 2 is 1.62 bits per heavy atom. The number of nitrogens with one attached hydrogen (secondary N) is 3. The summed E-state index contributed by atoms with van der Waals surface area (Å²) >= 11 is 0. The van der Waals surface area contributed by atoms with Crippen LogP contribution in [0.4, 0.5) is 0 Å². The number of amides is 2. The fraction of sp³-hybridized carbons (Fsp3) is 0.267. The number of piperidine rings is 1. The van der Waals surface area contributed by atoms with E-state index < -0.39 is 13.7 Å². The molecule has 0 radical (unpaired) electrons. The topological polar surface area (TPSA) is 119 Å². The van der Waals surface area contributed by atoms with Crippen LogP contribution in [0.3, 0.4) is 0 Å². The molecule has 1 aliphatic heterocycles. The number of hydrogen-bond acceptors (Lipinski definition) is 6. The zero-order chi connectivity index (χ0) is 27.8.